The fraction of sp³-hybridized carbons (Fsp3) is 0.667. The average molecular weight is 162 g/mol. The lowest BCUT2D eigenvalue weighted by Gasteiger charge is -2.26. The molecule has 0 aromatic carbocycles. The minimum Gasteiger partial charge on any atom is -0.0879 e. The minimum absolute atomic E-state index is 0.841. The zero-order valence-electron chi connectivity index (χ0n) is 8.03. The van der Waals surface area contributed by atoms with E-state index < -0.39 is 0 Å². The van der Waals surface area contributed by atoms with Crippen molar-refractivity contribution < 1.29 is 0 Å². The van der Waals surface area contributed by atoms with Crippen LogP contribution in [-0.4, -0.2) is 0 Å². The van der Waals surface area contributed by atoms with Crippen molar-refractivity contribution in [2.45, 2.75) is 26.7 Å². The second-order valence-electron chi connectivity index (χ2n) is 4.48. The summed E-state index contributed by atoms with van der Waals surface area (Å²) < 4.78 is 0. The molecular weight excluding hydrogens is 144 g/mol. The van der Waals surface area contributed by atoms with E-state index >= 15 is 0 Å². The van der Waals surface area contributed by atoms with Crippen LogP contribution in [-0.2, 0) is 0 Å². The molecule has 0 saturated carbocycles. The van der Waals surface area contributed by atoms with Crippen LogP contribution < -0.4 is 0 Å². The summed E-state index contributed by atoms with van der Waals surface area (Å²) in [6.07, 6.45) is 12.2. The Labute approximate surface area is 75.4 Å². The molecule has 0 aliphatic heterocycles. The van der Waals surface area contributed by atoms with Crippen molar-refractivity contribution in [1.82, 2.24) is 0 Å². The molecule has 0 radical (unpaired) electrons. The van der Waals surface area contributed by atoms with Gasteiger partial charge in [-0.1, -0.05) is 38.2 Å². The molecule has 0 N–H and O–H groups in total. The normalized spacial score (nSPS) is 39.1. The number of hydrogen-bond acceptors (Lipinski definition) is 0. The van der Waals surface area contributed by atoms with Gasteiger partial charge >= 0.3 is 0 Å². The van der Waals surface area contributed by atoms with E-state index in [1.165, 1.54) is 12.8 Å². The predicted octanol–water partition coefficient (Wildman–Crippen LogP) is 3.41. The first-order valence-corrected chi connectivity index (χ1v) is 5.12. The van der Waals surface area contributed by atoms with Crippen LogP contribution in [0.1, 0.15) is 26.7 Å². The maximum Gasteiger partial charge on any atom is -0.0162 e. The number of rotatable bonds is 1. The lowest BCUT2D eigenvalue weighted by atomic mass is 9.79. The van der Waals surface area contributed by atoms with E-state index in [1.807, 2.05) is 0 Å². The smallest absolute Gasteiger partial charge is 0.0162 e. The Morgan fingerprint density at radius 3 is 1.92 bits per heavy atom. The van der Waals surface area contributed by atoms with E-state index in [0.717, 1.165) is 23.7 Å². The van der Waals surface area contributed by atoms with Crippen molar-refractivity contribution in [3.05, 3.63) is 24.3 Å². The molecule has 0 amide bonds. The minimum atomic E-state index is 0.841. The molecule has 2 rings (SSSR count). The van der Waals surface area contributed by atoms with Gasteiger partial charge < -0.3 is 0 Å². The maximum atomic E-state index is 2.44. The van der Waals surface area contributed by atoms with Crippen LogP contribution >= 0.6 is 0 Å². The second kappa shape index (κ2) is 3.08. The zero-order chi connectivity index (χ0) is 8.55. The summed E-state index contributed by atoms with van der Waals surface area (Å²) in [6, 6.07) is 0. The van der Waals surface area contributed by atoms with Gasteiger partial charge in [0.25, 0.3) is 0 Å². The quantitative estimate of drug-likeness (QED) is 0.518. The highest BCUT2D eigenvalue weighted by molar-refractivity contribution is 5.13. The molecule has 2 unspecified atom stereocenters. The molecule has 0 spiro atoms. The van der Waals surface area contributed by atoms with Crippen LogP contribution in [0.15, 0.2) is 24.3 Å². The first-order valence-electron chi connectivity index (χ1n) is 5.12. The molecule has 0 fully saturated rings. The van der Waals surface area contributed by atoms with Crippen LogP contribution in [0.4, 0.5) is 0 Å². The van der Waals surface area contributed by atoms with E-state index in [4.69, 9.17) is 0 Å². The van der Waals surface area contributed by atoms with Crippen molar-refractivity contribution in [2.24, 2.45) is 23.7 Å². The number of hydrogen-bond donors (Lipinski definition) is 0. The number of fused-ring (bicyclic) bond motifs is 2. The third-order valence-electron chi connectivity index (χ3n) is 3.35. The third kappa shape index (κ3) is 1.24. The van der Waals surface area contributed by atoms with Gasteiger partial charge in [-0.15, -0.1) is 0 Å². The maximum absolute atomic E-state index is 2.44. The monoisotopic (exact) mass is 162 g/mol. The summed E-state index contributed by atoms with van der Waals surface area (Å²) in [5, 5.41) is 0. The summed E-state index contributed by atoms with van der Waals surface area (Å²) in [6.45, 7) is 4.73. The van der Waals surface area contributed by atoms with Crippen LogP contribution in [0.3, 0.4) is 0 Å². The van der Waals surface area contributed by atoms with Crippen molar-refractivity contribution in [1.29, 1.82) is 0 Å². The molecule has 2 aliphatic carbocycles. The van der Waals surface area contributed by atoms with Crippen LogP contribution in [0.5, 0.6) is 0 Å². The van der Waals surface area contributed by atoms with Gasteiger partial charge in [-0.3, -0.25) is 0 Å². The topological polar surface area (TPSA) is 0 Å². The Hall–Kier alpha value is -0.520. The SMILES string of the molecule is CC(C)C1C2C=CC1CC=CC2. The molecule has 0 heterocycles. The molecule has 66 valence electrons. The first-order chi connectivity index (χ1) is 5.79. The van der Waals surface area contributed by atoms with E-state index in [1.54, 1.807) is 0 Å². The van der Waals surface area contributed by atoms with Gasteiger partial charge in [0.2, 0.25) is 0 Å². The van der Waals surface area contributed by atoms with Crippen LogP contribution in [0.2, 0.25) is 0 Å². The largest absolute Gasteiger partial charge is 0.0879 e. The Morgan fingerprint density at radius 2 is 1.50 bits per heavy atom. The molecule has 2 atom stereocenters. The van der Waals surface area contributed by atoms with E-state index in [-0.39, 0.29) is 0 Å². The van der Waals surface area contributed by atoms with Crippen LogP contribution in [0.25, 0.3) is 0 Å². The summed E-state index contributed by atoms with van der Waals surface area (Å²) >= 11 is 0. The molecule has 0 saturated heterocycles. The van der Waals surface area contributed by atoms with Gasteiger partial charge in [0, 0.05) is 0 Å². The van der Waals surface area contributed by atoms with E-state index in [9.17, 15) is 0 Å². The van der Waals surface area contributed by atoms with Crippen LogP contribution in [0, 0.1) is 23.7 Å². The molecule has 12 heavy (non-hydrogen) atoms. The fourth-order valence-corrected chi connectivity index (χ4v) is 2.83. The number of allylic oxidation sites excluding steroid dienone is 4. The van der Waals surface area contributed by atoms with Crippen molar-refractivity contribution in [3.8, 4) is 0 Å². The van der Waals surface area contributed by atoms with Gasteiger partial charge in [0.05, 0.1) is 0 Å². The average Bonchev–Trinajstić information content (AvgIpc) is 2.24. The van der Waals surface area contributed by atoms with E-state index in [2.05, 4.69) is 38.2 Å². The Morgan fingerprint density at radius 1 is 1.00 bits per heavy atom. The lowest BCUT2D eigenvalue weighted by molar-refractivity contribution is 0.256. The molecule has 2 aliphatic rings. The summed E-state index contributed by atoms with van der Waals surface area (Å²) in [5.41, 5.74) is 0. The van der Waals surface area contributed by atoms with Crippen molar-refractivity contribution in [3.63, 3.8) is 0 Å². The van der Waals surface area contributed by atoms with Gasteiger partial charge in [-0.25, -0.2) is 0 Å². The molecule has 0 aromatic rings. The van der Waals surface area contributed by atoms with Gasteiger partial charge in [0.15, 0.2) is 0 Å². The lowest BCUT2D eigenvalue weighted by Crippen LogP contribution is -2.20. The fourth-order valence-electron chi connectivity index (χ4n) is 2.83. The molecule has 2 bridgehead atoms. The zero-order valence-corrected chi connectivity index (χ0v) is 8.03. The molecule has 0 nitrogen and oxygen atoms in total. The molecular formula is C12H18. The Balaban J connectivity index is 2.18. The predicted molar refractivity (Wildman–Crippen MR) is 52.8 cm³/mol. The highest BCUT2D eigenvalue weighted by atomic mass is 14.4. The first kappa shape index (κ1) is 8.10. The Bertz CT molecular complexity index is 192. The van der Waals surface area contributed by atoms with Gasteiger partial charge in [0.1, 0.15) is 0 Å². The summed E-state index contributed by atoms with van der Waals surface area (Å²) in [4.78, 5) is 0. The summed E-state index contributed by atoms with van der Waals surface area (Å²) in [5.74, 6) is 3.44. The van der Waals surface area contributed by atoms with Gasteiger partial charge in [-0.2, -0.15) is 0 Å². The highest BCUT2D eigenvalue weighted by Crippen LogP contribution is 2.41. The molecule has 0 aromatic heterocycles. The molecule has 0 heteroatoms. The van der Waals surface area contributed by atoms with E-state index in [0.29, 0.717) is 0 Å². The Kier molecular flexibility index (Phi) is 2.08. The second-order valence-corrected chi connectivity index (χ2v) is 4.48. The standard InChI is InChI=1S/C12H18/c1-9(2)12-10-5-3-4-6-11(12)8-7-10/h3-4,7-12H,5-6H2,1-2H3. The third-order valence-corrected chi connectivity index (χ3v) is 3.35. The van der Waals surface area contributed by atoms with Gasteiger partial charge in [-0.05, 0) is 36.5 Å². The van der Waals surface area contributed by atoms with Crippen molar-refractivity contribution in [2.75, 3.05) is 0 Å². The van der Waals surface area contributed by atoms with Crippen molar-refractivity contribution >= 4 is 0 Å². The summed E-state index contributed by atoms with van der Waals surface area (Å²) in [7, 11) is 0. The highest BCUT2D eigenvalue weighted by Gasteiger charge is 2.33.